The summed E-state index contributed by atoms with van der Waals surface area (Å²) in [5.74, 6) is 0. The van der Waals surface area contributed by atoms with E-state index < -0.39 is 0 Å². The molecular weight excluding hydrogens is 444 g/mol. The standard InChI is InChI=1S/C24H23ClN4O2S/c1-16-10-17(2-3-22(16)25)14-28-5-4-18(11-23(28)30)21-15-29(32)24-20(21)12-19(13-26-24)27-6-8-31-9-7-27/h2-5,10-13,15,32H,6-9,14H2,1H3. The molecule has 1 saturated heterocycles. The lowest BCUT2D eigenvalue weighted by Gasteiger charge is -2.28. The second-order valence-electron chi connectivity index (χ2n) is 8.02. The Bertz CT molecular complexity index is 1360. The maximum absolute atomic E-state index is 12.9. The van der Waals surface area contributed by atoms with E-state index in [0.29, 0.717) is 19.8 Å². The highest BCUT2D eigenvalue weighted by atomic mass is 35.5. The van der Waals surface area contributed by atoms with Gasteiger partial charge in [0.15, 0.2) is 5.65 Å². The normalized spacial score (nSPS) is 14.3. The number of fused-ring (bicyclic) bond motifs is 1. The lowest BCUT2D eigenvalue weighted by Crippen LogP contribution is -2.36. The van der Waals surface area contributed by atoms with Crippen LogP contribution in [0.15, 0.2) is 59.8 Å². The zero-order valence-corrected chi connectivity index (χ0v) is 19.3. The van der Waals surface area contributed by atoms with Gasteiger partial charge in [0.2, 0.25) is 0 Å². The van der Waals surface area contributed by atoms with E-state index in [1.807, 2.05) is 49.8 Å². The summed E-state index contributed by atoms with van der Waals surface area (Å²) in [4.78, 5) is 19.8. The Balaban J connectivity index is 1.49. The van der Waals surface area contributed by atoms with Crippen molar-refractivity contribution >= 4 is 41.1 Å². The number of halogens is 1. The summed E-state index contributed by atoms with van der Waals surface area (Å²) < 4.78 is 8.87. The number of aryl methyl sites for hydroxylation is 1. The van der Waals surface area contributed by atoms with Crippen molar-refractivity contribution in [2.45, 2.75) is 13.5 Å². The molecule has 0 spiro atoms. The molecule has 1 fully saturated rings. The topological polar surface area (TPSA) is 52.3 Å². The van der Waals surface area contributed by atoms with Crippen molar-refractivity contribution in [1.82, 2.24) is 13.5 Å². The molecule has 1 aliphatic rings. The first-order valence-corrected chi connectivity index (χ1v) is 11.3. The van der Waals surface area contributed by atoms with Gasteiger partial charge in [-0.2, -0.15) is 0 Å². The number of morpholine rings is 1. The Morgan fingerprint density at radius 3 is 2.72 bits per heavy atom. The van der Waals surface area contributed by atoms with Crippen molar-refractivity contribution in [2.75, 3.05) is 31.2 Å². The van der Waals surface area contributed by atoms with Crippen LogP contribution in [0.1, 0.15) is 11.1 Å². The van der Waals surface area contributed by atoms with Crippen molar-refractivity contribution in [3.05, 3.63) is 81.5 Å². The van der Waals surface area contributed by atoms with Crippen LogP contribution >= 0.6 is 24.4 Å². The molecule has 0 bridgehead atoms. The number of rotatable bonds is 4. The summed E-state index contributed by atoms with van der Waals surface area (Å²) in [6, 6.07) is 11.6. The molecule has 6 nitrogen and oxygen atoms in total. The second-order valence-corrected chi connectivity index (χ2v) is 8.85. The van der Waals surface area contributed by atoms with Gasteiger partial charge in [-0.15, -0.1) is 0 Å². The van der Waals surface area contributed by atoms with E-state index in [4.69, 9.17) is 16.3 Å². The Hall–Kier alpha value is -2.74. The average molecular weight is 467 g/mol. The number of thiol groups is 1. The minimum absolute atomic E-state index is 0.0625. The number of anilines is 1. The minimum Gasteiger partial charge on any atom is -0.378 e. The molecule has 164 valence electrons. The fourth-order valence-electron chi connectivity index (χ4n) is 4.11. The maximum Gasteiger partial charge on any atom is 0.251 e. The number of benzene rings is 1. The van der Waals surface area contributed by atoms with Crippen LogP contribution in [0.2, 0.25) is 5.02 Å². The molecule has 0 radical (unpaired) electrons. The van der Waals surface area contributed by atoms with Gasteiger partial charge in [-0.05, 0) is 41.8 Å². The van der Waals surface area contributed by atoms with Gasteiger partial charge in [-0.3, -0.25) is 8.77 Å². The van der Waals surface area contributed by atoms with Crippen LogP contribution in [0, 0.1) is 6.92 Å². The predicted octanol–water partition coefficient (Wildman–Crippen LogP) is 4.40. The lowest BCUT2D eigenvalue weighted by atomic mass is 10.1. The Kier molecular flexibility index (Phi) is 5.71. The number of aromatic nitrogens is 3. The fourth-order valence-corrected chi connectivity index (χ4v) is 4.50. The van der Waals surface area contributed by atoms with Gasteiger partial charge in [-0.25, -0.2) is 4.98 Å². The van der Waals surface area contributed by atoms with E-state index in [0.717, 1.165) is 57.1 Å². The van der Waals surface area contributed by atoms with Crippen LogP contribution in [0.5, 0.6) is 0 Å². The first-order valence-electron chi connectivity index (χ1n) is 10.5. The predicted molar refractivity (Wildman–Crippen MR) is 132 cm³/mol. The lowest BCUT2D eigenvalue weighted by molar-refractivity contribution is 0.122. The number of pyridine rings is 2. The third kappa shape index (κ3) is 4.03. The van der Waals surface area contributed by atoms with Crippen molar-refractivity contribution in [2.24, 2.45) is 0 Å². The quantitative estimate of drug-likeness (QED) is 0.453. The van der Waals surface area contributed by atoms with E-state index in [1.54, 1.807) is 14.6 Å². The molecule has 1 aromatic carbocycles. The van der Waals surface area contributed by atoms with Crippen molar-refractivity contribution < 1.29 is 4.74 Å². The molecule has 0 aliphatic carbocycles. The van der Waals surface area contributed by atoms with Crippen LogP contribution in [0.3, 0.4) is 0 Å². The van der Waals surface area contributed by atoms with Gasteiger partial charge in [0, 0.05) is 47.5 Å². The summed E-state index contributed by atoms with van der Waals surface area (Å²) >= 11 is 10.7. The molecule has 3 aromatic heterocycles. The Morgan fingerprint density at radius 2 is 1.97 bits per heavy atom. The minimum atomic E-state index is -0.0625. The zero-order chi connectivity index (χ0) is 22.2. The highest BCUT2D eigenvalue weighted by Crippen LogP contribution is 2.32. The Labute approximate surface area is 196 Å². The molecule has 1 aliphatic heterocycles. The monoisotopic (exact) mass is 466 g/mol. The van der Waals surface area contributed by atoms with Gasteiger partial charge < -0.3 is 14.2 Å². The largest absolute Gasteiger partial charge is 0.378 e. The number of hydrogen-bond donors (Lipinski definition) is 1. The third-order valence-corrected chi connectivity index (χ3v) is 6.60. The van der Waals surface area contributed by atoms with Crippen LogP contribution in [0.25, 0.3) is 22.2 Å². The molecule has 4 heterocycles. The maximum atomic E-state index is 12.9. The number of ether oxygens (including phenoxy) is 1. The summed E-state index contributed by atoms with van der Waals surface area (Å²) in [7, 11) is 0. The highest BCUT2D eigenvalue weighted by Gasteiger charge is 2.16. The van der Waals surface area contributed by atoms with E-state index >= 15 is 0 Å². The molecule has 0 saturated carbocycles. The summed E-state index contributed by atoms with van der Waals surface area (Å²) in [6.45, 7) is 5.56. The number of hydrogen-bond acceptors (Lipinski definition) is 5. The van der Waals surface area contributed by atoms with Crippen LogP contribution < -0.4 is 10.5 Å². The van der Waals surface area contributed by atoms with Gasteiger partial charge >= 0.3 is 0 Å². The van der Waals surface area contributed by atoms with E-state index in [1.165, 1.54) is 0 Å². The van der Waals surface area contributed by atoms with Gasteiger partial charge in [-0.1, -0.05) is 36.5 Å². The van der Waals surface area contributed by atoms with Crippen LogP contribution in [-0.2, 0) is 11.3 Å². The highest BCUT2D eigenvalue weighted by molar-refractivity contribution is 7.78. The molecule has 5 rings (SSSR count). The molecule has 0 atom stereocenters. The third-order valence-electron chi connectivity index (χ3n) is 5.87. The fraction of sp³-hybridized carbons (Fsp3) is 0.250. The van der Waals surface area contributed by atoms with E-state index in [9.17, 15) is 4.79 Å². The van der Waals surface area contributed by atoms with Gasteiger partial charge in [0.05, 0.1) is 31.6 Å². The first kappa shape index (κ1) is 21.1. The number of nitrogens with zero attached hydrogens (tertiary/aromatic N) is 4. The molecule has 8 heteroatoms. The molecule has 4 aromatic rings. The summed E-state index contributed by atoms with van der Waals surface area (Å²) in [6.07, 6.45) is 5.62. The van der Waals surface area contributed by atoms with E-state index in [2.05, 4.69) is 28.8 Å². The van der Waals surface area contributed by atoms with E-state index in [-0.39, 0.29) is 5.56 Å². The van der Waals surface area contributed by atoms with Crippen molar-refractivity contribution in [3.63, 3.8) is 0 Å². The molecule has 32 heavy (non-hydrogen) atoms. The molecule has 0 N–H and O–H groups in total. The SMILES string of the molecule is Cc1cc(Cn2ccc(-c3cn(S)c4ncc(N5CCOCC5)cc34)cc2=O)ccc1Cl. The smallest absolute Gasteiger partial charge is 0.251 e. The van der Waals surface area contributed by atoms with Gasteiger partial charge in [0.1, 0.15) is 0 Å². The molecule has 0 amide bonds. The average Bonchev–Trinajstić information content (AvgIpc) is 3.14. The Morgan fingerprint density at radius 1 is 1.16 bits per heavy atom. The zero-order valence-electron chi connectivity index (χ0n) is 17.7. The summed E-state index contributed by atoms with van der Waals surface area (Å²) in [5.41, 5.74) is 5.56. The van der Waals surface area contributed by atoms with Crippen LogP contribution in [-0.4, -0.2) is 39.8 Å². The van der Waals surface area contributed by atoms with Crippen molar-refractivity contribution in [1.29, 1.82) is 0 Å². The van der Waals surface area contributed by atoms with Crippen molar-refractivity contribution in [3.8, 4) is 11.1 Å². The molecular formula is C24H23ClN4O2S. The summed E-state index contributed by atoms with van der Waals surface area (Å²) in [5, 5.41) is 1.69. The van der Waals surface area contributed by atoms with Crippen LogP contribution in [0.4, 0.5) is 5.69 Å². The second kappa shape index (κ2) is 8.65. The first-order chi connectivity index (χ1) is 15.5. The van der Waals surface area contributed by atoms with Gasteiger partial charge in [0.25, 0.3) is 5.56 Å². The molecule has 0 unspecified atom stereocenters.